The highest BCUT2D eigenvalue weighted by molar-refractivity contribution is 6.00. The molecule has 1 atom stereocenters. The standard InChI is InChI=1S/C15H26N2O3/c1-3-12-13(18)17(10-6-7-11-20-2)15(14(19)16-12)8-4-5-9-15/h12H,3-11H2,1-2H3,(H,16,19). The fourth-order valence-corrected chi connectivity index (χ4v) is 3.45. The van der Waals surface area contributed by atoms with Crippen LogP contribution >= 0.6 is 0 Å². The van der Waals surface area contributed by atoms with Crippen LogP contribution in [0, 0.1) is 0 Å². The summed E-state index contributed by atoms with van der Waals surface area (Å²) in [4.78, 5) is 27.0. The van der Waals surface area contributed by atoms with E-state index < -0.39 is 5.54 Å². The summed E-state index contributed by atoms with van der Waals surface area (Å²) in [5.41, 5.74) is -0.560. The lowest BCUT2D eigenvalue weighted by Crippen LogP contribution is -2.69. The lowest BCUT2D eigenvalue weighted by atomic mass is 9.88. The average Bonchev–Trinajstić information content (AvgIpc) is 2.93. The van der Waals surface area contributed by atoms with Crippen molar-refractivity contribution >= 4 is 11.8 Å². The zero-order valence-corrected chi connectivity index (χ0v) is 12.6. The van der Waals surface area contributed by atoms with E-state index in [9.17, 15) is 9.59 Å². The van der Waals surface area contributed by atoms with Crippen LogP contribution in [0.4, 0.5) is 0 Å². The Balaban J connectivity index is 2.11. The number of carbonyl (C=O) groups excluding carboxylic acids is 2. The maximum absolute atomic E-state index is 12.6. The molecule has 114 valence electrons. The van der Waals surface area contributed by atoms with Crippen LogP contribution in [0.25, 0.3) is 0 Å². The predicted octanol–water partition coefficient (Wildman–Crippen LogP) is 1.46. The Kier molecular flexibility index (Phi) is 5.02. The van der Waals surface area contributed by atoms with Gasteiger partial charge in [-0.05, 0) is 32.1 Å². The Labute approximate surface area is 121 Å². The van der Waals surface area contributed by atoms with Gasteiger partial charge in [-0.2, -0.15) is 0 Å². The minimum Gasteiger partial charge on any atom is -0.385 e. The number of hydrogen-bond acceptors (Lipinski definition) is 3. The van der Waals surface area contributed by atoms with E-state index in [0.717, 1.165) is 38.5 Å². The van der Waals surface area contributed by atoms with Crippen molar-refractivity contribution in [2.45, 2.75) is 63.5 Å². The fraction of sp³-hybridized carbons (Fsp3) is 0.867. The van der Waals surface area contributed by atoms with Gasteiger partial charge >= 0.3 is 0 Å². The second-order valence-corrected chi connectivity index (χ2v) is 5.86. The number of amides is 2. The van der Waals surface area contributed by atoms with Gasteiger partial charge in [0.15, 0.2) is 0 Å². The van der Waals surface area contributed by atoms with E-state index >= 15 is 0 Å². The van der Waals surface area contributed by atoms with Crippen molar-refractivity contribution in [3.8, 4) is 0 Å². The lowest BCUT2D eigenvalue weighted by Gasteiger charge is -2.46. The molecule has 1 heterocycles. The second kappa shape index (κ2) is 6.57. The number of hydrogen-bond donors (Lipinski definition) is 1. The molecule has 0 aromatic rings. The molecule has 20 heavy (non-hydrogen) atoms. The number of nitrogens with one attached hydrogen (secondary N) is 1. The van der Waals surface area contributed by atoms with Gasteiger partial charge in [-0.15, -0.1) is 0 Å². The monoisotopic (exact) mass is 282 g/mol. The van der Waals surface area contributed by atoms with E-state index in [1.165, 1.54) is 0 Å². The van der Waals surface area contributed by atoms with Crippen molar-refractivity contribution in [3.63, 3.8) is 0 Å². The van der Waals surface area contributed by atoms with Gasteiger partial charge in [-0.25, -0.2) is 0 Å². The van der Waals surface area contributed by atoms with Gasteiger partial charge in [0, 0.05) is 20.3 Å². The van der Waals surface area contributed by atoms with Crippen LogP contribution in [0.3, 0.4) is 0 Å². The number of piperazine rings is 1. The lowest BCUT2D eigenvalue weighted by molar-refractivity contribution is -0.157. The Morgan fingerprint density at radius 3 is 2.60 bits per heavy atom. The first-order chi connectivity index (χ1) is 9.65. The molecular formula is C15H26N2O3. The molecule has 1 unspecified atom stereocenters. The predicted molar refractivity (Wildman–Crippen MR) is 76.2 cm³/mol. The second-order valence-electron chi connectivity index (χ2n) is 5.86. The highest BCUT2D eigenvalue weighted by Crippen LogP contribution is 2.38. The first kappa shape index (κ1) is 15.3. The number of carbonyl (C=O) groups is 2. The van der Waals surface area contributed by atoms with Gasteiger partial charge in [0.1, 0.15) is 11.6 Å². The van der Waals surface area contributed by atoms with E-state index in [4.69, 9.17) is 4.74 Å². The quantitative estimate of drug-likeness (QED) is 0.750. The Morgan fingerprint density at radius 2 is 2.00 bits per heavy atom. The highest BCUT2D eigenvalue weighted by Gasteiger charge is 2.52. The summed E-state index contributed by atoms with van der Waals surface area (Å²) in [6, 6.07) is -0.337. The summed E-state index contributed by atoms with van der Waals surface area (Å²) >= 11 is 0. The maximum Gasteiger partial charge on any atom is 0.246 e. The highest BCUT2D eigenvalue weighted by atomic mass is 16.5. The molecule has 2 rings (SSSR count). The van der Waals surface area contributed by atoms with Crippen LogP contribution in [0.1, 0.15) is 51.9 Å². The van der Waals surface area contributed by atoms with Crippen molar-refractivity contribution in [1.29, 1.82) is 0 Å². The minimum absolute atomic E-state index is 0.0631. The maximum atomic E-state index is 12.6. The largest absolute Gasteiger partial charge is 0.385 e. The Morgan fingerprint density at radius 1 is 1.30 bits per heavy atom. The Bertz CT molecular complexity index is 364. The number of ether oxygens (including phenoxy) is 1. The summed E-state index contributed by atoms with van der Waals surface area (Å²) in [6.45, 7) is 3.32. The number of rotatable bonds is 6. The summed E-state index contributed by atoms with van der Waals surface area (Å²) in [6.07, 6.45) is 6.17. The molecule has 5 nitrogen and oxygen atoms in total. The van der Waals surface area contributed by atoms with E-state index in [0.29, 0.717) is 19.6 Å². The third kappa shape index (κ3) is 2.68. The van der Waals surface area contributed by atoms with Crippen molar-refractivity contribution in [3.05, 3.63) is 0 Å². The van der Waals surface area contributed by atoms with Crippen LogP contribution in [0.15, 0.2) is 0 Å². The van der Waals surface area contributed by atoms with E-state index in [1.807, 2.05) is 11.8 Å². The summed E-state index contributed by atoms with van der Waals surface area (Å²) < 4.78 is 5.06. The Hall–Kier alpha value is -1.10. The normalized spacial score (nSPS) is 25.3. The summed E-state index contributed by atoms with van der Waals surface area (Å²) in [7, 11) is 1.69. The number of methoxy groups -OCH3 is 1. The molecule has 2 aliphatic rings. The molecule has 2 fully saturated rings. The molecule has 1 saturated carbocycles. The molecule has 0 bridgehead atoms. The molecule has 0 aromatic heterocycles. The molecule has 2 amide bonds. The first-order valence-electron chi connectivity index (χ1n) is 7.77. The van der Waals surface area contributed by atoms with Crippen molar-refractivity contribution in [2.75, 3.05) is 20.3 Å². The molecule has 1 spiro atoms. The van der Waals surface area contributed by atoms with Crippen molar-refractivity contribution < 1.29 is 14.3 Å². The van der Waals surface area contributed by atoms with Crippen LogP contribution in [0.2, 0.25) is 0 Å². The van der Waals surface area contributed by atoms with Gasteiger partial charge in [0.25, 0.3) is 0 Å². The smallest absolute Gasteiger partial charge is 0.246 e. The molecule has 1 aliphatic heterocycles. The molecular weight excluding hydrogens is 256 g/mol. The molecule has 1 aliphatic carbocycles. The number of nitrogens with zero attached hydrogens (tertiary/aromatic N) is 1. The van der Waals surface area contributed by atoms with Crippen molar-refractivity contribution in [2.24, 2.45) is 0 Å². The SMILES string of the molecule is CCC1NC(=O)C2(CCCC2)N(CCCCOC)C1=O. The van der Waals surface area contributed by atoms with Crippen LogP contribution in [0.5, 0.6) is 0 Å². The van der Waals surface area contributed by atoms with Crippen molar-refractivity contribution in [1.82, 2.24) is 10.2 Å². The van der Waals surface area contributed by atoms with E-state index in [1.54, 1.807) is 7.11 Å². The van der Waals surface area contributed by atoms with Gasteiger partial charge in [0.2, 0.25) is 11.8 Å². The van der Waals surface area contributed by atoms with Crippen LogP contribution < -0.4 is 5.32 Å². The minimum atomic E-state index is -0.560. The molecule has 1 saturated heterocycles. The first-order valence-corrected chi connectivity index (χ1v) is 7.77. The fourth-order valence-electron chi connectivity index (χ4n) is 3.45. The molecule has 0 aromatic carbocycles. The molecule has 5 heteroatoms. The third-order valence-corrected chi connectivity index (χ3v) is 4.63. The zero-order valence-electron chi connectivity index (χ0n) is 12.6. The van der Waals surface area contributed by atoms with Gasteiger partial charge in [-0.1, -0.05) is 19.8 Å². The van der Waals surface area contributed by atoms with Gasteiger partial charge in [0.05, 0.1) is 0 Å². The number of unbranched alkanes of at least 4 members (excludes halogenated alkanes) is 1. The zero-order chi connectivity index (χ0) is 14.6. The third-order valence-electron chi connectivity index (χ3n) is 4.63. The summed E-state index contributed by atoms with van der Waals surface area (Å²) in [5, 5.41) is 2.93. The summed E-state index contributed by atoms with van der Waals surface area (Å²) in [5.74, 6) is 0.166. The topological polar surface area (TPSA) is 58.6 Å². The van der Waals surface area contributed by atoms with Crippen LogP contribution in [-0.4, -0.2) is 48.6 Å². The van der Waals surface area contributed by atoms with Gasteiger partial charge in [-0.3, -0.25) is 9.59 Å². The average molecular weight is 282 g/mol. The molecule has 0 radical (unpaired) electrons. The van der Waals surface area contributed by atoms with Gasteiger partial charge < -0.3 is 15.0 Å². The van der Waals surface area contributed by atoms with E-state index in [2.05, 4.69) is 5.32 Å². The van der Waals surface area contributed by atoms with E-state index in [-0.39, 0.29) is 17.9 Å². The van der Waals surface area contributed by atoms with Crippen LogP contribution in [-0.2, 0) is 14.3 Å². The molecule has 1 N–H and O–H groups in total.